The third kappa shape index (κ3) is 2.15. The van der Waals surface area contributed by atoms with Crippen molar-refractivity contribution in [3.05, 3.63) is 44.6 Å². The van der Waals surface area contributed by atoms with Crippen LogP contribution in [0, 0.1) is 0 Å². The van der Waals surface area contributed by atoms with Gasteiger partial charge in [-0.3, -0.25) is 18.7 Å². The molecule has 1 aromatic carbocycles. The van der Waals surface area contributed by atoms with E-state index >= 15 is 0 Å². The van der Waals surface area contributed by atoms with Gasteiger partial charge in [-0.1, -0.05) is 6.07 Å². The molecule has 0 radical (unpaired) electrons. The Morgan fingerprint density at radius 1 is 1.22 bits per heavy atom. The Morgan fingerprint density at radius 2 is 1.91 bits per heavy atom. The number of nitrogens with zero attached hydrogens (tertiary/aromatic N) is 3. The number of Topliss-reactive ketones (excluding diaryl/α,β-unsaturated/α-hetero) is 1. The largest absolute Gasteiger partial charge is 0.507 e. The Morgan fingerprint density at radius 3 is 2.52 bits per heavy atom. The molecule has 3 aromatic rings. The lowest BCUT2D eigenvalue weighted by molar-refractivity contribution is 0.101. The van der Waals surface area contributed by atoms with E-state index in [9.17, 15) is 19.5 Å². The van der Waals surface area contributed by atoms with Crippen LogP contribution in [0.4, 0.5) is 0 Å². The highest BCUT2D eigenvalue weighted by Gasteiger charge is 2.15. The Balaban J connectivity index is 2.27. The average Bonchev–Trinajstić information content (AvgIpc) is 2.96. The lowest BCUT2D eigenvalue weighted by Crippen LogP contribution is -2.36. The van der Waals surface area contributed by atoms with Crippen molar-refractivity contribution in [3.63, 3.8) is 0 Å². The van der Waals surface area contributed by atoms with E-state index in [2.05, 4.69) is 9.97 Å². The number of carbonyl (C=O) groups excluding carboxylic acids is 1. The minimum absolute atomic E-state index is 0.169. The summed E-state index contributed by atoms with van der Waals surface area (Å²) in [6.45, 7) is 1.36. The van der Waals surface area contributed by atoms with E-state index in [0.29, 0.717) is 11.4 Å². The number of rotatable bonds is 2. The number of fused-ring (bicyclic) bond motifs is 1. The van der Waals surface area contributed by atoms with E-state index in [1.54, 1.807) is 6.07 Å². The van der Waals surface area contributed by atoms with E-state index in [4.69, 9.17) is 0 Å². The van der Waals surface area contributed by atoms with E-state index in [1.807, 2.05) is 0 Å². The van der Waals surface area contributed by atoms with Gasteiger partial charge in [0.25, 0.3) is 5.56 Å². The number of aromatic hydroxyl groups is 1. The first-order valence-electron chi connectivity index (χ1n) is 6.81. The van der Waals surface area contributed by atoms with Crippen LogP contribution in [0.3, 0.4) is 0 Å². The lowest BCUT2D eigenvalue weighted by Gasteiger charge is -2.02. The van der Waals surface area contributed by atoms with Crippen LogP contribution in [0.1, 0.15) is 17.3 Å². The highest BCUT2D eigenvalue weighted by molar-refractivity contribution is 5.97. The van der Waals surface area contributed by atoms with Crippen LogP contribution in [0.15, 0.2) is 27.8 Å². The second kappa shape index (κ2) is 4.94. The SMILES string of the molecule is CC(=O)c1ccc(-c2nc3c([nH]2)c(=O)n(C)c(=O)n3C)cc1O. The van der Waals surface area contributed by atoms with Crippen molar-refractivity contribution in [2.45, 2.75) is 6.92 Å². The number of aromatic amines is 1. The summed E-state index contributed by atoms with van der Waals surface area (Å²) in [5, 5.41) is 9.91. The van der Waals surface area contributed by atoms with Crippen LogP contribution in [-0.2, 0) is 14.1 Å². The summed E-state index contributed by atoms with van der Waals surface area (Å²) < 4.78 is 2.25. The second-order valence-electron chi connectivity index (χ2n) is 5.28. The van der Waals surface area contributed by atoms with Crippen LogP contribution in [0.25, 0.3) is 22.6 Å². The number of benzene rings is 1. The average molecular weight is 314 g/mol. The van der Waals surface area contributed by atoms with Crippen molar-refractivity contribution in [2.75, 3.05) is 0 Å². The molecule has 0 fully saturated rings. The summed E-state index contributed by atoms with van der Waals surface area (Å²) in [4.78, 5) is 42.5. The Hall–Kier alpha value is -3.16. The van der Waals surface area contributed by atoms with Gasteiger partial charge in [0.2, 0.25) is 0 Å². The van der Waals surface area contributed by atoms with Gasteiger partial charge >= 0.3 is 5.69 Å². The van der Waals surface area contributed by atoms with Crippen molar-refractivity contribution >= 4 is 16.9 Å². The molecule has 0 unspecified atom stereocenters. The summed E-state index contributed by atoms with van der Waals surface area (Å²) >= 11 is 0. The van der Waals surface area contributed by atoms with Gasteiger partial charge in [0.15, 0.2) is 11.4 Å². The molecule has 0 spiro atoms. The fourth-order valence-electron chi connectivity index (χ4n) is 2.44. The molecule has 118 valence electrons. The van der Waals surface area contributed by atoms with Gasteiger partial charge in [0, 0.05) is 19.7 Å². The fourth-order valence-corrected chi connectivity index (χ4v) is 2.44. The standard InChI is InChI=1S/C15H14N4O4/c1-7(20)9-5-4-8(6-10(9)21)12-16-11-13(17-12)18(2)15(23)19(3)14(11)22/h4-6,21H,1-3H3,(H,16,17). The van der Waals surface area contributed by atoms with Crippen LogP contribution < -0.4 is 11.2 Å². The van der Waals surface area contributed by atoms with Gasteiger partial charge in [-0.25, -0.2) is 9.78 Å². The molecule has 0 aliphatic heterocycles. The first kappa shape index (κ1) is 14.8. The molecule has 23 heavy (non-hydrogen) atoms. The number of imidazole rings is 1. The molecule has 2 N–H and O–H groups in total. The third-order valence-corrected chi connectivity index (χ3v) is 3.75. The Labute approximate surface area is 129 Å². The maximum absolute atomic E-state index is 12.1. The molecule has 3 rings (SSSR count). The molecule has 2 heterocycles. The van der Waals surface area contributed by atoms with Gasteiger partial charge < -0.3 is 10.1 Å². The maximum Gasteiger partial charge on any atom is 0.332 e. The number of nitrogens with one attached hydrogen (secondary N) is 1. The number of hydrogen-bond donors (Lipinski definition) is 2. The summed E-state index contributed by atoms with van der Waals surface area (Å²) in [5.74, 6) is -0.101. The minimum Gasteiger partial charge on any atom is -0.507 e. The highest BCUT2D eigenvalue weighted by Crippen LogP contribution is 2.25. The molecule has 0 saturated carbocycles. The highest BCUT2D eigenvalue weighted by atomic mass is 16.3. The predicted octanol–water partition coefficient (Wildman–Crippen LogP) is 0.535. The molecule has 0 aliphatic rings. The Bertz CT molecular complexity index is 1070. The van der Waals surface area contributed by atoms with Crippen LogP contribution in [0.5, 0.6) is 5.75 Å². The number of ketones is 1. The van der Waals surface area contributed by atoms with E-state index < -0.39 is 11.2 Å². The van der Waals surface area contributed by atoms with Crippen molar-refractivity contribution in [3.8, 4) is 17.1 Å². The van der Waals surface area contributed by atoms with Crippen LogP contribution in [0.2, 0.25) is 0 Å². The molecule has 0 atom stereocenters. The van der Waals surface area contributed by atoms with E-state index in [-0.39, 0.29) is 28.3 Å². The number of carbonyl (C=O) groups is 1. The van der Waals surface area contributed by atoms with Gasteiger partial charge in [-0.2, -0.15) is 0 Å². The molecule has 0 bridgehead atoms. The monoisotopic (exact) mass is 314 g/mol. The zero-order valence-electron chi connectivity index (χ0n) is 12.7. The number of hydrogen-bond acceptors (Lipinski definition) is 5. The zero-order valence-corrected chi connectivity index (χ0v) is 12.7. The number of aryl methyl sites for hydroxylation is 1. The number of H-pyrrole nitrogens is 1. The number of aromatic nitrogens is 4. The maximum atomic E-state index is 12.1. The quantitative estimate of drug-likeness (QED) is 0.671. The van der Waals surface area contributed by atoms with Crippen molar-refractivity contribution < 1.29 is 9.90 Å². The molecule has 2 aromatic heterocycles. The lowest BCUT2D eigenvalue weighted by atomic mass is 10.1. The summed E-state index contributed by atoms with van der Waals surface area (Å²) in [6, 6.07) is 4.48. The van der Waals surface area contributed by atoms with Crippen LogP contribution in [-0.4, -0.2) is 30.0 Å². The van der Waals surface area contributed by atoms with E-state index in [0.717, 1.165) is 4.57 Å². The molecule has 8 nitrogen and oxygen atoms in total. The molecule has 0 saturated heterocycles. The third-order valence-electron chi connectivity index (χ3n) is 3.75. The summed E-state index contributed by atoms with van der Waals surface area (Å²) in [7, 11) is 2.91. The van der Waals surface area contributed by atoms with Gasteiger partial charge in [-0.15, -0.1) is 0 Å². The molecular weight excluding hydrogens is 300 g/mol. The van der Waals surface area contributed by atoms with E-state index in [1.165, 1.54) is 37.7 Å². The summed E-state index contributed by atoms with van der Waals surface area (Å²) in [6.07, 6.45) is 0. The Kier molecular flexibility index (Phi) is 3.17. The number of phenolic OH excluding ortho intramolecular Hbond substituents is 1. The minimum atomic E-state index is -0.480. The normalized spacial score (nSPS) is 11.1. The zero-order chi connectivity index (χ0) is 16.9. The van der Waals surface area contributed by atoms with Gasteiger partial charge in [-0.05, 0) is 19.1 Å². The fraction of sp³-hybridized carbons (Fsp3) is 0.200. The smallest absolute Gasteiger partial charge is 0.332 e. The molecule has 0 aliphatic carbocycles. The van der Waals surface area contributed by atoms with Crippen molar-refractivity contribution in [1.29, 1.82) is 0 Å². The molecule has 0 amide bonds. The molecular formula is C15H14N4O4. The number of phenols is 1. The second-order valence-corrected chi connectivity index (χ2v) is 5.28. The van der Waals surface area contributed by atoms with Gasteiger partial charge in [0.05, 0.1) is 5.56 Å². The van der Waals surface area contributed by atoms with Gasteiger partial charge in [0.1, 0.15) is 17.1 Å². The topological polar surface area (TPSA) is 110 Å². The van der Waals surface area contributed by atoms with Crippen molar-refractivity contribution in [1.82, 2.24) is 19.1 Å². The van der Waals surface area contributed by atoms with Crippen LogP contribution >= 0.6 is 0 Å². The van der Waals surface area contributed by atoms with Crippen molar-refractivity contribution in [2.24, 2.45) is 14.1 Å². The first-order valence-corrected chi connectivity index (χ1v) is 6.81. The summed E-state index contributed by atoms with van der Waals surface area (Å²) in [5.41, 5.74) is 0.163. The predicted molar refractivity (Wildman–Crippen MR) is 83.7 cm³/mol. The molecule has 8 heteroatoms. The first-order chi connectivity index (χ1) is 10.8.